The summed E-state index contributed by atoms with van der Waals surface area (Å²) in [5.41, 5.74) is 0. The number of oxime groups is 1. The molecule has 2 N–H and O–H groups in total. The molecule has 0 saturated heterocycles. The molecule has 3 nitrogen and oxygen atoms in total. The molecule has 0 aliphatic heterocycles. The van der Waals surface area contributed by atoms with Gasteiger partial charge in [-0.1, -0.05) is 68.4 Å². The Morgan fingerprint density at radius 2 is 1.76 bits per heavy atom. The average molecular weight is 291 g/mol. The van der Waals surface area contributed by atoms with E-state index in [0.29, 0.717) is 12.8 Å². The molecular formula is C18H29NO2. The topological polar surface area (TPSA) is 52.8 Å². The highest BCUT2D eigenvalue weighted by molar-refractivity contribution is 5.56. The Kier molecular flexibility index (Phi) is 15.2. The molecule has 3 heteroatoms. The number of unbranched alkanes of at least 4 members (excludes halogenated alkanes) is 3. The summed E-state index contributed by atoms with van der Waals surface area (Å²) in [6.45, 7) is 2.22. The van der Waals surface area contributed by atoms with E-state index >= 15 is 0 Å². The molecule has 0 aliphatic carbocycles. The largest absolute Gasteiger partial charge is 0.411 e. The first-order valence-corrected chi connectivity index (χ1v) is 7.80. The van der Waals surface area contributed by atoms with Crippen LogP contribution in [0.1, 0.15) is 51.9 Å². The molecule has 0 bridgehead atoms. The minimum Gasteiger partial charge on any atom is -0.411 e. The fourth-order valence-corrected chi connectivity index (χ4v) is 1.68. The van der Waals surface area contributed by atoms with Crippen LogP contribution in [0.4, 0.5) is 0 Å². The third kappa shape index (κ3) is 16.3. The van der Waals surface area contributed by atoms with Crippen molar-refractivity contribution in [1.82, 2.24) is 0 Å². The fourth-order valence-electron chi connectivity index (χ4n) is 1.68. The van der Waals surface area contributed by atoms with Gasteiger partial charge in [0.15, 0.2) is 0 Å². The normalized spacial score (nSPS) is 14.6. The standard InChI is InChI=1S/C18H29NO2/c1-2-3-4-5-6-7-8-9-10-11-12-13-15-18(20)16-14-17-19-21/h6-7,9-13,15,17-18,20-21H,2-5,8,14,16H2,1H3/b7-6-,10-9-,12-11+,15-13+,19-17-. The molecule has 0 spiro atoms. The van der Waals surface area contributed by atoms with Crippen LogP contribution >= 0.6 is 0 Å². The lowest BCUT2D eigenvalue weighted by atomic mass is 10.2. The maximum atomic E-state index is 9.55. The van der Waals surface area contributed by atoms with E-state index < -0.39 is 6.10 Å². The Labute approximate surface area is 129 Å². The third-order valence-corrected chi connectivity index (χ3v) is 2.89. The number of hydrogen-bond acceptors (Lipinski definition) is 3. The number of allylic oxidation sites excluding steroid dienone is 7. The van der Waals surface area contributed by atoms with Crippen LogP contribution in [0.25, 0.3) is 0 Å². The van der Waals surface area contributed by atoms with Crippen molar-refractivity contribution in [2.45, 2.75) is 58.0 Å². The molecule has 0 aromatic carbocycles. The molecule has 0 aromatic rings. The zero-order chi connectivity index (χ0) is 15.6. The first kappa shape index (κ1) is 19.4. The van der Waals surface area contributed by atoms with Crippen molar-refractivity contribution in [3.63, 3.8) is 0 Å². The molecular weight excluding hydrogens is 262 g/mol. The summed E-state index contributed by atoms with van der Waals surface area (Å²) in [5.74, 6) is 0. The molecule has 0 amide bonds. The van der Waals surface area contributed by atoms with Crippen molar-refractivity contribution in [2.24, 2.45) is 5.16 Å². The van der Waals surface area contributed by atoms with Gasteiger partial charge in [0.05, 0.1) is 6.10 Å². The van der Waals surface area contributed by atoms with Gasteiger partial charge in [0, 0.05) is 6.21 Å². The predicted octanol–water partition coefficient (Wildman–Crippen LogP) is 4.78. The van der Waals surface area contributed by atoms with Gasteiger partial charge in [-0.15, -0.1) is 5.16 Å². The zero-order valence-corrected chi connectivity index (χ0v) is 13.1. The molecule has 0 heterocycles. The Bertz CT molecular complexity index is 354. The van der Waals surface area contributed by atoms with Crippen molar-refractivity contribution in [3.8, 4) is 0 Å². The van der Waals surface area contributed by atoms with E-state index in [0.717, 1.165) is 6.42 Å². The highest BCUT2D eigenvalue weighted by Crippen LogP contribution is 2.00. The summed E-state index contributed by atoms with van der Waals surface area (Å²) in [5, 5.41) is 20.6. The number of aliphatic hydroxyl groups excluding tert-OH is 1. The van der Waals surface area contributed by atoms with E-state index in [1.807, 2.05) is 24.3 Å². The quantitative estimate of drug-likeness (QED) is 0.136. The average Bonchev–Trinajstić information content (AvgIpc) is 2.48. The lowest BCUT2D eigenvalue weighted by Crippen LogP contribution is -2.01. The first-order chi connectivity index (χ1) is 10.3. The SMILES string of the molecule is CCCCC/C=C\C\C=C/C=C/C=C/C(O)CC/C=N\O. The molecule has 0 aromatic heterocycles. The van der Waals surface area contributed by atoms with Crippen LogP contribution in [0.2, 0.25) is 0 Å². The lowest BCUT2D eigenvalue weighted by Gasteiger charge is -1.99. The van der Waals surface area contributed by atoms with Gasteiger partial charge in [0.25, 0.3) is 0 Å². The second-order valence-electron chi connectivity index (χ2n) is 4.84. The van der Waals surface area contributed by atoms with Crippen molar-refractivity contribution in [1.29, 1.82) is 0 Å². The summed E-state index contributed by atoms with van der Waals surface area (Å²) in [4.78, 5) is 0. The van der Waals surface area contributed by atoms with Gasteiger partial charge < -0.3 is 10.3 Å². The van der Waals surface area contributed by atoms with Crippen LogP contribution in [0.15, 0.2) is 53.8 Å². The Morgan fingerprint density at radius 1 is 0.952 bits per heavy atom. The third-order valence-electron chi connectivity index (χ3n) is 2.89. The molecule has 0 saturated carbocycles. The molecule has 0 fully saturated rings. The fraction of sp³-hybridized carbons (Fsp3) is 0.500. The van der Waals surface area contributed by atoms with Gasteiger partial charge in [0.2, 0.25) is 0 Å². The summed E-state index contributed by atoms with van der Waals surface area (Å²) in [6, 6.07) is 0. The number of rotatable bonds is 12. The van der Waals surface area contributed by atoms with Crippen LogP contribution in [0.3, 0.4) is 0 Å². The highest BCUT2D eigenvalue weighted by Gasteiger charge is 1.95. The monoisotopic (exact) mass is 291 g/mol. The molecule has 118 valence electrons. The van der Waals surface area contributed by atoms with Gasteiger partial charge in [-0.3, -0.25) is 0 Å². The highest BCUT2D eigenvalue weighted by atomic mass is 16.4. The van der Waals surface area contributed by atoms with Crippen LogP contribution in [-0.4, -0.2) is 22.6 Å². The molecule has 0 aliphatic rings. The van der Waals surface area contributed by atoms with Crippen LogP contribution in [0, 0.1) is 0 Å². The van der Waals surface area contributed by atoms with Crippen LogP contribution in [0.5, 0.6) is 0 Å². The minimum atomic E-state index is -0.498. The van der Waals surface area contributed by atoms with E-state index in [1.54, 1.807) is 6.08 Å². The zero-order valence-electron chi connectivity index (χ0n) is 13.1. The predicted molar refractivity (Wildman–Crippen MR) is 90.8 cm³/mol. The van der Waals surface area contributed by atoms with Gasteiger partial charge >= 0.3 is 0 Å². The summed E-state index contributed by atoms with van der Waals surface area (Å²) in [6.07, 6.45) is 24.0. The van der Waals surface area contributed by atoms with Gasteiger partial charge in [0.1, 0.15) is 0 Å². The van der Waals surface area contributed by atoms with Crippen molar-refractivity contribution in [3.05, 3.63) is 48.6 Å². The molecule has 0 rings (SSSR count). The number of nitrogens with zero attached hydrogens (tertiary/aromatic N) is 1. The Balaban J connectivity index is 3.63. The Hall–Kier alpha value is -1.61. The molecule has 21 heavy (non-hydrogen) atoms. The van der Waals surface area contributed by atoms with Gasteiger partial charge in [-0.05, 0) is 32.1 Å². The smallest absolute Gasteiger partial charge is 0.0727 e. The molecule has 0 radical (unpaired) electrons. The maximum Gasteiger partial charge on any atom is 0.0727 e. The van der Waals surface area contributed by atoms with Crippen molar-refractivity contribution >= 4 is 6.21 Å². The molecule has 1 unspecified atom stereocenters. The first-order valence-electron chi connectivity index (χ1n) is 7.80. The summed E-state index contributed by atoms with van der Waals surface area (Å²) in [7, 11) is 0. The van der Waals surface area contributed by atoms with E-state index in [2.05, 4.69) is 30.3 Å². The van der Waals surface area contributed by atoms with E-state index in [1.165, 1.54) is 31.9 Å². The van der Waals surface area contributed by atoms with E-state index in [9.17, 15) is 5.11 Å². The maximum absolute atomic E-state index is 9.55. The van der Waals surface area contributed by atoms with Crippen molar-refractivity contribution in [2.75, 3.05) is 0 Å². The van der Waals surface area contributed by atoms with E-state index in [4.69, 9.17) is 5.21 Å². The van der Waals surface area contributed by atoms with E-state index in [-0.39, 0.29) is 0 Å². The lowest BCUT2D eigenvalue weighted by molar-refractivity contribution is 0.215. The summed E-state index contributed by atoms with van der Waals surface area (Å²) >= 11 is 0. The van der Waals surface area contributed by atoms with Crippen LogP contribution in [-0.2, 0) is 0 Å². The van der Waals surface area contributed by atoms with Crippen LogP contribution < -0.4 is 0 Å². The Morgan fingerprint density at radius 3 is 2.52 bits per heavy atom. The molecule has 1 atom stereocenters. The number of aliphatic hydroxyl groups is 1. The number of hydrogen-bond donors (Lipinski definition) is 2. The second-order valence-corrected chi connectivity index (χ2v) is 4.84. The summed E-state index contributed by atoms with van der Waals surface area (Å²) < 4.78 is 0. The second kappa shape index (κ2) is 16.4. The van der Waals surface area contributed by atoms with Gasteiger partial charge in [-0.2, -0.15) is 0 Å². The van der Waals surface area contributed by atoms with Crippen molar-refractivity contribution < 1.29 is 10.3 Å². The van der Waals surface area contributed by atoms with Gasteiger partial charge in [-0.25, -0.2) is 0 Å². The minimum absolute atomic E-state index is 0.498.